The van der Waals surface area contributed by atoms with Gasteiger partial charge in [-0.1, -0.05) is 20.3 Å². The highest BCUT2D eigenvalue weighted by Crippen LogP contribution is 2.44. The number of ether oxygens (including phenoxy) is 1. The van der Waals surface area contributed by atoms with E-state index in [1.54, 1.807) is 7.11 Å². The van der Waals surface area contributed by atoms with Crippen LogP contribution in [-0.4, -0.2) is 49.8 Å². The maximum absolute atomic E-state index is 5.23. The summed E-state index contributed by atoms with van der Waals surface area (Å²) in [4.78, 5) is 2.76. The minimum atomic E-state index is 0.387. The Morgan fingerprint density at radius 2 is 2.16 bits per heavy atom. The standard InChI is InChI=1S/C16H32N2O/c1-5-13(2)15-11-18(9-6-10-19-4)16(3,12-17-15)14-7-8-14/h13-15,17H,5-12H2,1-4H3. The smallest absolute Gasteiger partial charge is 0.0474 e. The van der Waals surface area contributed by atoms with Gasteiger partial charge < -0.3 is 10.1 Å². The van der Waals surface area contributed by atoms with Crippen molar-refractivity contribution in [3.8, 4) is 0 Å². The maximum atomic E-state index is 5.23. The van der Waals surface area contributed by atoms with Crippen molar-refractivity contribution >= 4 is 0 Å². The molecule has 0 aromatic heterocycles. The van der Waals surface area contributed by atoms with E-state index in [-0.39, 0.29) is 0 Å². The molecule has 1 N–H and O–H groups in total. The second-order valence-electron chi connectivity index (χ2n) is 6.80. The van der Waals surface area contributed by atoms with E-state index in [2.05, 4.69) is 31.0 Å². The molecule has 0 radical (unpaired) electrons. The van der Waals surface area contributed by atoms with Gasteiger partial charge in [0.25, 0.3) is 0 Å². The summed E-state index contributed by atoms with van der Waals surface area (Å²) in [6.07, 6.45) is 5.27. The van der Waals surface area contributed by atoms with Crippen molar-refractivity contribution in [1.29, 1.82) is 0 Å². The van der Waals surface area contributed by atoms with E-state index in [0.717, 1.165) is 24.9 Å². The molecule has 1 saturated carbocycles. The quantitative estimate of drug-likeness (QED) is 0.718. The van der Waals surface area contributed by atoms with E-state index >= 15 is 0 Å². The molecular formula is C16H32N2O. The van der Waals surface area contributed by atoms with E-state index in [9.17, 15) is 0 Å². The van der Waals surface area contributed by atoms with Crippen molar-refractivity contribution in [2.75, 3.05) is 33.4 Å². The molecule has 0 amide bonds. The third-order valence-electron chi connectivity index (χ3n) is 5.43. The van der Waals surface area contributed by atoms with Gasteiger partial charge in [-0.25, -0.2) is 0 Å². The van der Waals surface area contributed by atoms with Crippen molar-refractivity contribution < 1.29 is 4.74 Å². The molecule has 19 heavy (non-hydrogen) atoms. The van der Waals surface area contributed by atoms with Gasteiger partial charge in [0.05, 0.1) is 0 Å². The normalized spacial score (nSPS) is 34.4. The predicted molar refractivity (Wildman–Crippen MR) is 80.4 cm³/mol. The molecule has 2 fully saturated rings. The number of hydrogen-bond donors (Lipinski definition) is 1. The molecule has 3 nitrogen and oxygen atoms in total. The number of methoxy groups -OCH3 is 1. The fourth-order valence-corrected chi connectivity index (χ4v) is 3.48. The summed E-state index contributed by atoms with van der Waals surface area (Å²) < 4.78 is 5.23. The average Bonchev–Trinajstić information content (AvgIpc) is 3.25. The minimum absolute atomic E-state index is 0.387. The van der Waals surface area contributed by atoms with Crippen molar-refractivity contribution in [3.05, 3.63) is 0 Å². The molecule has 2 rings (SSSR count). The van der Waals surface area contributed by atoms with Crippen LogP contribution in [0, 0.1) is 11.8 Å². The van der Waals surface area contributed by atoms with Crippen molar-refractivity contribution in [1.82, 2.24) is 10.2 Å². The average molecular weight is 268 g/mol. The Labute approximate surface area is 119 Å². The van der Waals surface area contributed by atoms with Gasteiger partial charge in [0.2, 0.25) is 0 Å². The van der Waals surface area contributed by atoms with Gasteiger partial charge in [0, 0.05) is 44.9 Å². The molecule has 3 unspecified atom stereocenters. The van der Waals surface area contributed by atoms with Crippen molar-refractivity contribution in [2.45, 2.75) is 58.0 Å². The molecular weight excluding hydrogens is 236 g/mol. The molecule has 0 spiro atoms. The summed E-state index contributed by atoms with van der Waals surface area (Å²) in [6, 6.07) is 0.666. The van der Waals surface area contributed by atoms with Gasteiger partial charge in [-0.3, -0.25) is 4.90 Å². The Morgan fingerprint density at radius 3 is 2.74 bits per heavy atom. The third-order valence-corrected chi connectivity index (χ3v) is 5.43. The Balaban J connectivity index is 1.96. The summed E-state index contributed by atoms with van der Waals surface area (Å²) >= 11 is 0. The summed E-state index contributed by atoms with van der Waals surface area (Å²) in [5.74, 6) is 1.69. The molecule has 1 saturated heterocycles. The third kappa shape index (κ3) is 3.50. The highest BCUT2D eigenvalue weighted by Gasteiger charge is 2.48. The molecule has 3 atom stereocenters. The molecule has 1 aliphatic carbocycles. The summed E-state index contributed by atoms with van der Waals surface area (Å²) in [6.45, 7) is 11.6. The second kappa shape index (κ2) is 6.55. The lowest BCUT2D eigenvalue weighted by Gasteiger charge is -2.50. The monoisotopic (exact) mass is 268 g/mol. The van der Waals surface area contributed by atoms with Crippen LogP contribution < -0.4 is 5.32 Å². The van der Waals surface area contributed by atoms with Gasteiger partial charge >= 0.3 is 0 Å². The number of nitrogens with one attached hydrogen (secondary N) is 1. The number of hydrogen-bond acceptors (Lipinski definition) is 3. The van der Waals surface area contributed by atoms with Crippen molar-refractivity contribution in [2.24, 2.45) is 11.8 Å². The Kier molecular flexibility index (Phi) is 5.27. The first-order chi connectivity index (χ1) is 9.11. The van der Waals surface area contributed by atoms with Crippen LogP contribution in [0.1, 0.15) is 46.5 Å². The van der Waals surface area contributed by atoms with Crippen LogP contribution in [0.2, 0.25) is 0 Å². The number of rotatable bonds is 7. The Hall–Kier alpha value is -0.120. The van der Waals surface area contributed by atoms with Gasteiger partial charge in [0.1, 0.15) is 0 Å². The van der Waals surface area contributed by atoms with Crippen LogP contribution in [0.3, 0.4) is 0 Å². The molecule has 1 heterocycles. The van der Waals surface area contributed by atoms with Crippen LogP contribution in [0.15, 0.2) is 0 Å². The highest BCUT2D eigenvalue weighted by molar-refractivity contribution is 5.05. The van der Waals surface area contributed by atoms with E-state index in [1.165, 1.54) is 38.9 Å². The largest absolute Gasteiger partial charge is 0.385 e. The van der Waals surface area contributed by atoms with Crippen LogP contribution in [-0.2, 0) is 4.74 Å². The number of nitrogens with zero attached hydrogens (tertiary/aromatic N) is 1. The lowest BCUT2D eigenvalue weighted by atomic mass is 9.86. The first kappa shape index (κ1) is 15.3. The van der Waals surface area contributed by atoms with Crippen LogP contribution in [0.4, 0.5) is 0 Å². The van der Waals surface area contributed by atoms with Gasteiger partial charge in [-0.15, -0.1) is 0 Å². The van der Waals surface area contributed by atoms with E-state index in [1.807, 2.05) is 0 Å². The first-order valence-corrected chi connectivity index (χ1v) is 8.09. The number of piperazine rings is 1. The minimum Gasteiger partial charge on any atom is -0.385 e. The second-order valence-corrected chi connectivity index (χ2v) is 6.80. The summed E-state index contributed by atoms with van der Waals surface area (Å²) in [5.41, 5.74) is 0.387. The van der Waals surface area contributed by atoms with Crippen LogP contribution in [0.25, 0.3) is 0 Å². The predicted octanol–water partition coefficient (Wildman–Crippen LogP) is 2.51. The Morgan fingerprint density at radius 1 is 1.42 bits per heavy atom. The van der Waals surface area contributed by atoms with Gasteiger partial charge in [0.15, 0.2) is 0 Å². The summed E-state index contributed by atoms with van der Waals surface area (Å²) in [7, 11) is 1.81. The lowest BCUT2D eigenvalue weighted by molar-refractivity contribution is 0.0174. The zero-order valence-corrected chi connectivity index (χ0v) is 13.2. The SMILES string of the molecule is CCC(C)C1CN(CCCOC)C(C)(C2CC2)CN1. The van der Waals surface area contributed by atoms with Crippen LogP contribution in [0.5, 0.6) is 0 Å². The molecule has 0 aromatic rings. The fourth-order valence-electron chi connectivity index (χ4n) is 3.48. The van der Waals surface area contributed by atoms with Crippen LogP contribution >= 0.6 is 0 Å². The Bertz CT molecular complexity index is 280. The topological polar surface area (TPSA) is 24.5 Å². The summed E-state index contributed by atoms with van der Waals surface area (Å²) in [5, 5.41) is 3.83. The first-order valence-electron chi connectivity index (χ1n) is 8.09. The van der Waals surface area contributed by atoms with E-state index < -0.39 is 0 Å². The zero-order valence-electron chi connectivity index (χ0n) is 13.2. The molecule has 0 bridgehead atoms. The molecule has 2 aliphatic rings. The molecule has 3 heteroatoms. The highest BCUT2D eigenvalue weighted by atomic mass is 16.5. The lowest BCUT2D eigenvalue weighted by Crippen LogP contribution is -2.65. The molecule has 1 aliphatic heterocycles. The fraction of sp³-hybridized carbons (Fsp3) is 1.00. The maximum Gasteiger partial charge on any atom is 0.0474 e. The van der Waals surface area contributed by atoms with E-state index in [4.69, 9.17) is 4.74 Å². The molecule has 112 valence electrons. The molecule has 0 aromatic carbocycles. The van der Waals surface area contributed by atoms with Crippen molar-refractivity contribution in [3.63, 3.8) is 0 Å². The van der Waals surface area contributed by atoms with E-state index in [0.29, 0.717) is 11.6 Å². The van der Waals surface area contributed by atoms with Gasteiger partial charge in [-0.2, -0.15) is 0 Å². The zero-order chi connectivity index (χ0) is 13.9. The van der Waals surface area contributed by atoms with Gasteiger partial charge in [-0.05, 0) is 38.0 Å².